The number of hydrogen-bond donors (Lipinski definition) is 2. The molecule has 5 heteroatoms. The molecule has 7 aliphatic carbocycles. The van der Waals surface area contributed by atoms with Crippen LogP contribution in [0, 0.1) is 34.5 Å². The number of hydrogen-bond acceptors (Lipinski definition) is 5. The number of ketones is 1. The van der Waals surface area contributed by atoms with Crippen molar-refractivity contribution in [1.29, 1.82) is 0 Å². The summed E-state index contributed by atoms with van der Waals surface area (Å²) in [5, 5.41) is 20.0. The third-order valence-corrected chi connectivity index (χ3v) is 13.1. The molecule has 5 nitrogen and oxygen atoms in total. The number of aliphatic hydroxyl groups is 1. The number of aromatic hydroxyl groups is 1. The summed E-state index contributed by atoms with van der Waals surface area (Å²) in [4.78, 5) is 23.1. The summed E-state index contributed by atoms with van der Waals surface area (Å²) < 4.78 is 5.62. The largest absolute Gasteiger partial charge is 0.508 e. The molecule has 7 aliphatic rings. The number of rotatable bonds is 1. The van der Waals surface area contributed by atoms with Crippen LogP contribution in [0.25, 0.3) is 0 Å². The van der Waals surface area contributed by atoms with Crippen LogP contribution < -0.4 is 0 Å². The Morgan fingerprint density at radius 2 is 1.74 bits per heavy atom. The molecule has 0 aliphatic heterocycles. The minimum absolute atomic E-state index is 0.0117. The van der Waals surface area contributed by atoms with Crippen molar-refractivity contribution in [3.05, 3.63) is 64.3 Å². The molecular weight excluding hydrogens is 536 g/mol. The Kier molecular flexibility index (Phi) is 7.27. The van der Waals surface area contributed by atoms with Gasteiger partial charge in [-0.2, -0.15) is 0 Å². The van der Waals surface area contributed by atoms with Crippen LogP contribution in [0.1, 0.15) is 108 Å². The van der Waals surface area contributed by atoms with Crippen molar-refractivity contribution in [2.75, 3.05) is 0 Å². The highest BCUT2D eigenvalue weighted by Gasteiger charge is 2.55. The normalized spacial score (nSPS) is 40.5. The van der Waals surface area contributed by atoms with Crippen molar-refractivity contribution in [1.82, 2.24) is 0 Å². The lowest BCUT2D eigenvalue weighted by atomic mass is 9.55. The maximum Gasteiger partial charge on any atom is 0.302 e. The maximum absolute atomic E-state index is 11.7. The first-order chi connectivity index (χ1) is 20.6. The monoisotopic (exact) mass is 584 g/mol. The average Bonchev–Trinajstić information content (AvgIpc) is 3.47. The molecule has 8 rings (SSSR count). The fourth-order valence-electron chi connectivity index (χ4n) is 10.9. The van der Waals surface area contributed by atoms with E-state index in [4.69, 9.17) is 4.74 Å². The Bertz CT molecular complexity index is 1420. The third kappa shape index (κ3) is 4.76. The SMILES string of the molecule is CC(=O)O[C@H]1CC[C@H]2[C@@H]3CCC4=CC(=O)CCC4=C3C=C[C@]12C.C[C@]12CC[C@@H]3c4ccc(O)cc4CC[C@H]3[C@@H]1CC[C@@H]2O. The number of ether oxygens (including phenoxy) is 1. The van der Waals surface area contributed by atoms with Crippen molar-refractivity contribution in [3.63, 3.8) is 0 Å². The summed E-state index contributed by atoms with van der Waals surface area (Å²) in [7, 11) is 0. The Labute approximate surface area is 256 Å². The number of aryl methyl sites for hydroxylation is 1. The Morgan fingerprint density at radius 1 is 0.930 bits per heavy atom. The second-order valence-corrected chi connectivity index (χ2v) is 15.1. The van der Waals surface area contributed by atoms with Crippen LogP contribution in [0.15, 0.2) is 53.1 Å². The summed E-state index contributed by atoms with van der Waals surface area (Å²) in [6, 6.07) is 5.96. The molecule has 3 fully saturated rings. The molecule has 0 heterocycles. The van der Waals surface area contributed by atoms with E-state index in [2.05, 4.69) is 32.1 Å². The van der Waals surface area contributed by atoms with E-state index in [1.807, 2.05) is 18.2 Å². The quantitative estimate of drug-likeness (QED) is 0.334. The van der Waals surface area contributed by atoms with Gasteiger partial charge in [-0.3, -0.25) is 9.59 Å². The minimum Gasteiger partial charge on any atom is -0.508 e. The summed E-state index contributed by atoms with van der Waals surface area (Å²) >= 11 is 0. The van der Waals surface area contributed by atoms with Crippen molar-refractivity contribution in [2.45, 2.75) is 116 Å². The van der Waals surface area contributed by atoms with E-state index in [9.17, 15) is 19.8 Å². The molecule has 0 unspecified atom stereocenters. The van der Waals surface area contributed by atoms with E-state index in [1.54, 1.807) is 0 Å². The number of allylic oxidation sites excluding steroid dienone is 5. The molecule has 0 spiro atoms. The number of carbonyl (C=O) groups is 2. The predicted molar refractivity (Wildman–Crippen MR) is 166 cm³/mol. The first-order valence-corrected chi connectivity index (χ1v) is 16.9. The molecular formula is C38H48O5. The molecule has 3 saturated carbocycles. The molecule has 2 N–H and O–H groups in total. The first-order valence-electron chi connectivity index (χ1n) is 16.9. The zero-order valence-electron chi connectivity index (χ0n) is 26.1. The number of benzene rings is 1. The summed E-state index contributed by atoms with van der Waals surface area (Å²) in [6.07, 6.45) is 19.0. The van der Waals surface area contributed by atoms with E-state index in [-0.39, 0.29) is 34.8 Å². The Hall–Kier alpha value is -2.66. The molecule has 9 atom stereocenters. The topological polar surface area (TPSA) is 83.8 Å². The first kappa shape index (κ1) is 29.1. The number of phenols is 1. The predicted octanol–water partition coefficient (Wildman–Crippen LogP) is 7.51. The number of aliphatic hydroxyl groups excluding tert-OH is 1. The summed E-state index contributed by atoms with van der Waals surface area (Å²) in [5.41, 5.74) is 7.11. The highest BCUT2D eigenvalue weighted by atomic mass is 16.5. The molecule has 0 bridgehead atoms. The van der Waals surface area contributed by atoms with Gasteiger partial charge in [0.25, 0.3) is 0 Å². The average molecular weight is 585 g/mol. The van der Waals surface area contributed by atoms with Crippen LogP contribution in [0.5, 0.6) is 5.75 Å². The fraction of sp³-hybridized carbons (Fsp3) is 0.632. The van der Waals surface area contributed by atoms with Crippen LogP contribution in [-0.2, 0) is 20.7 Å². The fourth-order valence-corrected chi connectivity index (χ4v) is 10.9. The number of phenolic OH excluding ortho intramolecular Hbond substituents is 1. The van der Waals surface area contributed by atoms with Gasteiger partial charge in [0.2, 0.25) is 0 Å². The van der Waals surface area contributed by atoms with Crippen molar-refractivity contribution in [2.24, 2.45) is 34.5 Å². The molecule has 0 amide bonds. The number of esters is 1. The second kappa shape index (κ2) is 10.8. The molecule has 0 saturated heterocycles. The van der Waals surface area contributed by atoms with Crippen LogP contribution in [0.4, 0.5) is 0 Å². The van der Waals surface area contributed by atoms with Crippen molar-refractivity contribution >= 4 is 11.8 Å². The summed E-state index contributed by atoms with van der Waals surface area (Å²) in [5.74, 6) is 3.71. The van der Waals surface area contributed by atoms with Gasteiger partial charge < -0.3 is 14.9 Å². The standard InChI is InChI=1S/C20H24O3.C18H24O2/c1-12(21)23-19-8-7-18-17-5-3-13-11-14(22)4-6-15(13)16(17)9-10-20(18,19)2;1-18-9-8-14-13-5-3-12(19)10-11(13)2-4-15(14)16(18)6-7-17(18)20/h9-11,17-19H,3-8H2,1-2H3;3,5,10,14-17,19-20H,2,4,6-9H2,1H3/t17-,18+,19+,20+;14-,15-,16+,17+,18+/m11/s1. The van der Waals surface area contributed by atoms with Crippen molar-refractivity contribution in [3.8, 4) is 5.75 Å². The van der Waals surface area contributed by atoms with E-state index in [1.165, 1.54) is 54.0 Å². The van der Waals surface area contributed by atoms with Gasteiger partial charge in [0.15, 0.2) is 5.78 Å². The number of fused-ring (bicyclic) bond motifs is 9. The van der Waals surface area contributed by atoms with Gasteiger partial charge in [0, 0.05) is 18.8 Å². The molecule has 1 aromatic carbocycles. The lowest BCUT2D eigenvalue weighted by Gasteiger charge is -2.50. The minimum atomic E-state index is -0.172. The van der Waals surface area contributed by atoms with Crippen LogP contribution in [0.2, 0.25) is 0 Å². The van der Waals surface area contributed by atoms with Gasteiger partial charge in [-0.25, -0.2) is 0 Å². The van der Waals surface area contributed by atoms with Crippen molar-refractivity contribution < 1.29 is 24.5 Å². The smallest absolute Gasteiger partial charge is 0.302 e. The van der Waals surface area contributed by atoms with Gasteiger partial charge in [-0.15, -0.1) is 0 Å². The molecule has 230 valence electrons. The zero-order chi connectivity index (χ0) is 30.1. The Balaban J connectivity index is 0.000000141. The molecule has 43 heavy (non-hydrogen) atoms. The molecule has 0 aromatic heterocycles. The third-order valence-electron chi connectivity index (χ3n) is 13.1. The van der Waals surface area contributed by atoms with Gasteiger partial charge in [0.1, 0.15) is 11.9 Å². The Morgan fingerprint density at radius 3 is 2.56 bits per heavy atom. The summed E-state index contributed by atoms with van der Waals surface area (Å²) in [6.45, 7) is 6.08. The van der Waals surface area contributed by atoms with Crippen LogP contribution in [0.3, 0.4) is 0 Å². The van der Waals surface area contributed by atoms with E-state index >= 15 is 0 Å². The lowest BCUT2D eigenvalue weighted by molar-refractivity contribution is -0.150. The zero-order valence-corrected chi connectivity index (χ0v) is 26.1. The number of carbonyl (C=O) groups excluding carboxylic acids is 2. The van der Waals surface area contributed by atoms with Gasteiger partial charge in [0.05, 0.1) is 6.10 Å². The second-order valence-electron chi connectivity index (χ2n) is 15.1. The molecule has 1 aromatic rings. The highest BCUT2D eigenvalue weighted by molar-refractivity contribution is 5.93. The van der Waals surface area contributed by atoms with E-state index in [0.29, 0.717) is 35.8 Å². The molecule has 0 radical (unpaired) electrons. The van der Waals surface area contributed by atoms with E-state index < -0.39 is 0 Å². The lowest BCUT2D eigenvalue weighted by Crippen LogP contribution is -2.43. The van der Waals surface area contributed by atoms with Crippen LogP contribution >= 0.6 is 0 Å². The van der Waals surface area contributed by atoms with Crippen LogP contribution in [-0.4, -0.2) is 34.2 Å². The maximum atomic E-state index is 11.7. The highest BCUT2D eigenvalue weighted by Crippen LogP contribution is 2.61. The van der Waals surface area contributed by atoms with Gasteiger partial charge >= 0.3 is 5.97 Å². The van der Waals surface area contributed by atoms with E-state index in [0.717, 1.165) is 57.3 Å². The van der Waals surface area contributed by atoms with Gasteiger partial charge in [-0.05, 0) is 152 Å². The van der Waals surface area contributed by atoms with Gasteiger partial charge in [-0.1, -0.05) is 32.1 Å².